The summed E-state index contributed by atoms with van der Waals surface area (Å²) in [5.41, 5.74) is 2.05. The van der Waals surface area contributed by atoms with E-state index in [0.717, 1.165) is 48.0 Å². The topological polar surface area (TPSA) is 91.1 Å². The molecule has 0 aliphatic rings. The van der Waals surface area contributed by atoms with Crippen LogP contribution in [0.3, 0.4) is 0 Å². The van der Waals surface area contributed by atoms with Gasteiger partial charge in [-0.1, -0.05) is 32.9 Å². The van der Waals surface area contributed by atoms with Gasteiger partial charge < -0.3 is 20.0 Å². The third kappa shape index (κ3) is 5.09. The molecule has 144 valence electrons. The summed E-state index contributed by atoms with van der Waals surface area (Å²) in [6, 6.07) is 8.08. The fourth-order valence-corrected chi connectivity index (χ4v) is 2.71. The number of imidazole rings is 1. The van der Waals surface area contributed by atoms with Crippen LogP contribution in [0.5, 0.6) is 0 Å². The lowest BCUT2D eigenvalue weighted by atomic mass is 9.94. The summed E-state index contributed by atoms with van der Waals surface area (Å²) < 4.78 is 5.79. The van der Waals surface area contributed by atoms with Gasteiger partial charge in [-0.05, 0) is 18.6 Å². The van der Waals surface area contributed by atoms with Crippen molar-refractivity contribution in [2.75, 3.05) is 13.6 Å². The van der Waals surface area contributed by atoms with Crippen LogP contribution in [0.2, 0.25) is 0 Å². The predicted octanol–water partition coefficient (Wildman–Crippen LogP) is 3.15. The maximum atomic E-state index is 5.79. The van der Waals surface area contributed by atoms with Gasteiger partial charge in [-0.25, -0.2) is 9.97 Å². The van der Waals surface area contributed by atoms with Crippen molar-refractivity contribution in [3.63, 3.8) is 0 Å². The molecule has 0 radical (unpaired) electrons. The molecule has 27 heavy (non-hydrogen) atoms. The molecule has 0 atom stereocenters. The lowest BCUT2D eigenvalue weighted by molar-refractivity contribution is 0.379. The lowest BCUT2D eigenvalue weighted by Gasteiger charge is -2.13. The number of aryl methyl sites for hydroxylation is 1. The number of rotatable bonds is 6. The molecule has 0 spiro atoms. The number of guanidine groups is 1. The Kier molecular flexibility index (Phi) is 5.78. The average molecular weight is 368 g/mol. The number of aromatic nitrogens is 3. The van der Waals surface area contributed by atoms with Crippen molar-refractivity contribution in [1.29, 1.82) is 0 Å². The number of benzene rings is 1. The first-order valence-corrected chi connectivity index (χ1v) is 9.29. The summed E-state index contributed by atoms with van der Waals surface area (Å²) in [4.78, 5) is 16.5. The van der Waals surface area contributed by atoms with Crippen molar-refractivity contribution >= 4 is 17.0 Å². The SMILES string of the molecule is CN=C(NCCCc1nc2ccccc2[nH]1)NCc1ncc(C(C)(C)C)o1. The minimum Gasteiger partial charge on any atom is -0.443 e. The summed E-state index contributed by atoms with van der Waals surface area (Å²) in [6.45, 7) is 7.61. The third-order valence-corrected chi connectivity index (χ3v) is 4.24. The van der Waals surface area contributed by atoms with Gasteiger partial charge in [-0.3, -0.25) is 4.99 Å². The monoisotopic (exact) mass is 368 g/mol. The lowest BCUT2D eigenvalue weighted by Crippen LogP contribution is -2.37. The number of oxazole rings is 1. The number of aliphatic imine (C=N–C) groups is 1. The number of nitrogens with one attached hydrogen (secondary N) is 3. The molecule has 2 heterocycles. The Morgan fingerprint density at radius 2 is 2.04 bits per heavy atom. The van der Waals surface area contributed by atoms with Gasteiger partial charge in [-0.2, -0.15) is 0 Å². The van der Waals surface area contributed by atoms with Gasteiger partial charge in [0.1, 0.15) is 11.6 Å². The van der Waals surface area contributed by atoms with Gasteiger partial charge in [0.05, 0.1) is 23.8 Å². The zero-order valence-corrected chi connectivity index (χ0v) is 16.5. The number of aromatic amines is 1. The van der Waals surface area contributed by atoms with E-state index < -0.39 is 0 Å². The van der Waals surface area contributed by atoms with Crippen molar-refractivity contribution in [2.45, 2.75) is 45.6 Å². The molecule has 0 fully saturated rings. The van der Waals surface area contributed by atoms with E-state index in [1.165, 1.54) is 0 Å². The fourth-order valence-electron chi connectivity index (χ4n) is 2.71. The summed E-state index contributed by atoms with van der Waals surface area (Å²) in [5, 5.41) is 6.54. The summed E-state index contributed by atoms with van der Waals surface area (Å²) >= 11 is 0. The Morgan fingerprint density at radius 3 is 2.74 bits per heavy atom. The summed E-state index contributed by atoms with van der Waals surface area (Å²) in [6.07, 6.45) is 3.63. The highest BCUT2D eigenvalue weighted by Gasteiger charge is 2.19. The number of fused-ring (bicyclic) bond motifs is 1. The van der Waals surface area contributed by atoms with E-state index in [-0.39, 0.29) is 5.41 Å². The Hall–Kier alpha value is -2.83. The van der Waals surface area contributed by atoms with E-state index in [0.29, 0.717) is 12.4 Å². The summed E-state index contributed by atoms with van der Waals surface area (Å²) in [5.74, 6) is 3.28. The minimum absolute atomic E-state index is 0.0399. The van der Waals surface area contributed by atoms with Gasteiger partial charge in [0, 0.05) is 25.4 Å². The van der Waals surface area contributed by atoms with E-state index in [2.05, 4.69) is 51.3 Å². The second kappa shape index (κ2) is 8.24. The smallest absolute Gasteiger partial charge is 0.213 e. The van der Waals surface area contributed by atoms with E-state index >= 15 is 0 Å². The number of hydrogen-bond acceptors (Lipinski definition) is 4. The van der Waals surface area contributed by atoms with Crippen LogP contribution in [0.4, 0.5) is 0 Å². The molecule has 2 aromatic heterocycles. The number of hydrogen-bond donors (Lipinski definition) is 3. The number of nitrogens with zero attached hydrogens (tertiary/aromatic N) is 3. The molecular formula is C20H28N6O. The zero-order chi connectivity index (χ0) is 19.3. The van der Waals surface area contributed by atoms with Crippen LogP contribution in [0.15, 0.2) is 39.9 Å². The zero-order valence-electron chi connectivity index (χ0n) is 16.5. The van der Waals surface area contributed by atoms with E-state index in [1.54, 1.807) is 13.2 Å². The molecule has 3 aromatic rings. The first-order valence-electron chi connectivity index (χ1n) is 9.29. The predicted molar refractivity (Wildman–Crippen MR) is 108 cm³/mol. The molecule has 0 unspecified atom stereocenters. The minimum atomic E-state index is -0.0399. The van der Waals surface area contributed by atoms with Gasteiger partial charge >= 0.3 is 0 Å². The molecule has 0 amide bonds. The molecule has 3 rings (SSSR count). The standard InChI is InChI=1S/C20H28N6O/c1-20(2,3)16-12-23-18(27-16)13-24-19(21-4)22-11-7-10-17-25-14-8-5-6-9-15(14)26-17/h5-6,8-9,12H,7,10-11,13H2,1-4H3,(H,25,26)(H2,21,22,24). The second-order valence-corrected chi connectivity index (χ2v) is 7.52. The molecule has 7 heteroatoms. The summed E-state index contributed by atoms with van der Waals surface area (Å²) in [7, 11) is 1.75. The molecule has 0 saturated carbocycles. The average Bonchev–Trinajstić information content (AvgIpc) is 3.27. The van der Waals surface area contributed by atoms with Gasteiger partial charge in [-0.15, -0.1) is 0 Å². The van der Waals surface area contributed by atoms with Gasteiger partial charge in [0.15, 0.2) is 5.96 Å². The maximum absolute atomic E-state index is 5.79. The Balaban J connectivity index is 1.42. The fraction of sp³-hybridized carbons (Fsp3) is 0.450. The van der Waals surface area contributed by atoms with E-state index in [4.69, 9.17) is 4.42 Å². The molecule has 0 saturated heterocycles. The van der Waals surface area contributed by atoms with Crippen LogP contribution in [-0.4, -0.2) is 34.5 Å². The van der Waals surface area contributed by atoms with E-state index in [9.17, 15) is 0 Å². The molecule has 7 nitrogen and oxygen atoms in total. The van der Waals surface area contributed by atoms with Crippen LogP contribution >= 0.6 is 0 Å². The Labute approximate surface area is 159 Å². The Bertz CT molecular complexity index is 869. The van der Waals surface area contributed by atoms with Crippen LogP contribution in [0.1, 0.15) is 44.7 Å². The Morgan fingerprint density at radius 1 is 1.22 bits per heavy atom. The molecule has 0 aliphatic carbocycles. The quantitative estimate of drug-likeness (QED) is 0.353. The van der Waals surface area contributed by atoms with Gasteiger partial charge in [0.2, 0.25) is 5.89 Å². The molecular weight excluding hydrogens is 340 g/mol. The maximum Gasteiger partial charge on any atom is 0.213 e. The first-order chi connectivity index (χ1) is 13.0. The van der Waals surface area contributed by atoms with Crippen molar-refractivity contribution in [3.05, 3.63) is 47.9 Å². The highest BCUT2D eigenvalue weighted by Crippen LogP contribution is 2.22. The molecule has 3 N–H and O–H groups in total. The third-order valence-electron chi connectivity index (χ3n) is 4.24. The van der Waals surface area contributed by atoms with Crippen LogP contribution in [0, 0.1) is 0 Å². The first kappa shape index (κ1) is 18.9. The second-order valence-electron chi connectivity index (χ2n) is 7.52. The molecule has 0 bridgehead atoms. The highest BCUT2D eigenvalue weighted by molar-refractivity contribution is 5.79. The van der Waals surface area contributed by atoms with Crippen LogP contribution in [-0.2, 0) is 18.4 Å². The number of H-pyrrole nitrogens is 1. The van der Waals surface area contributed by atoms with Crippen molar-refractivity contribution in [3.8, 4) is 0 Å². The van der Waals surface area contributed by atoms with Crippen LogP contribution < -0.4 is 10.6 Å². The van der Waals surface area contributed by atoms with Crippen molar-refractivity contribution < 1.29 is 4.42 Å². The van der Waals surface area contributed by atoms with E-state index in [1.807, 2.05) is 24.3 Å². The molecule has 0 aliphatic heterocycles. The highest BCUT2D eigenvalue weighted by atomic mass is 16.4. The van der Waals surface area contributed by atoms with Crippen LogP contribution in [0.25, 0.3) is 11.0 Å². The van der Waals surface area contributed by atoms with Crippen molar-refractivity contribution in [1.82, 2.24) is 25.6 Å². The van der Waals surface area contributed by atoms with Crippen molar-refractivity contribution in [2.24, 2.45) is 4.99 Å². The normalized spacial score (nSPS) is 12.5. The van der Waals surface area contributed by atoms with Gasteiger partial charge in [0.25, 0.3) is 0 Å². The largest absolute Gasteiger partial charge is 0.443 e. The number of para-hydroxylation sites is 2. The molecule has 1 aromatic carbocycles.